The summed E-state index contributed by atoms with van der Waals surface area (Å²) in [5.74, 6) is 0. The van der Waals surface area contributed by atoms with Crippen LogP contribution in [0.3, 0.4) is 0 Å². The minimum Gasteiger partial charge on any atom is -0.396 e. The Morgan fingerprint density at radius 1 is 0.812 bits per heavy atom. The van der Waals surface area contributed by atoms with Gasteiger partial charge in [-0.15, -0.1) is 0 Å². The lowest BCUT2D eigenvalue weighted by Crippen LogP contribution is -2.37. The predicted molar refractivity (Wildman–Crippen MR) is 63.1 cm³/mol. The minimum atomic E-state index is -1.04. The lowest BCUT2D eigenvalue weighted by Gasteiger charge is -2.22. The van der Waals surface area contributed by atoms with Crippen molar-refractivity contribution in [3.8, 4) is 0 Å². The first-order valence-electron chi connectivity index (χ1n) is 6.28. The van der Waals surface area contributed by atoms with E-state index >= 15 is 0 Å². The standard InChI is InChI=1S/C12H26O4/c1-2-3-7-10(14)12(16)11(15)8-5-4-6-9-13/h10-16H,2-9H2,1H3. The second-order valence-electron chi connectivity index (χ2n) is 4.34. The van der Waals surface area contributed by atoms with E-state index in [2.05, 4.69) is 0 Å². The largest absolute Gasteiger partial charge is 0.396 e. The molecule has 0 saturated heterocycles. The smallest absolute Gasteiger partial charge is 0.106 e. The van der Waals surface area contributed by atoms with Crippen LogP contribution < -0.4 is 0 Å². The number of unbranched alkanes of at least 4 members (excludes halogenated alkanes) is 3. The number of hydrogen-bond acceptors (Lipinski definition) is 4. The van der Waals surface area contributed by atoms with Gasteiger partial charge in [0.2, 0.25) is 0 Å². The predicted octanol–water partition coefficient (Wildman–Crippen LogP) is 0.812. The van der Waals surface area contributed by atoms with Crippen molar-refractivity contribution >= 4 is 0 Å². The van der Waals surface area contributed by atoms with Crippen LogP contribution in [0.1, 0.15) is 51.9 Å². The van der Waals surface area contributed by atoms with Crippen LogP contribution in [0.5, 0.6) is 0 Å². The topological polar surface area (TPSA) is 80.9 Å². The molecule has 3 unspecified atom stereocenters. The molecule has 4 N–H and O–H groups in total. The highest BCUT2D eigenvalue weighted by molar-refractivity contribution is 4.75. The maximum absolute atomic E-state index is 9.62. The lowest BCUT2D eigenvalue weighted by atomic mass is 9.99. The molecule has 98 valence electrons. The molecule has 0 aliphatic heterocycles. The lowest BCUT2D eigenvalue weighted by molar-refractivity contribution is -0.0652. The van der Waals surface area contributed by atoms with Gasteiger partial charge in [0.15, 0.2) is 0 Å². The zero-order valence-electron chi connectivity index (χ0n) is 10.2. The Morgan fingerprint density at radius 2 is 1.38 bits per heavy atom. The van der Waals surface area contributed by atoms with Gasteiger partial charge >= 0.3 is 0 Å². The molecule has 0 radical (unpaired) electrons. The molecule has 0 amide bonds. The highest BCUT2D eigenvalue weighted by Gasteiger charge is 2.23. The molecular weight excluding hydrogens is 208 g/mol. The summed E-state index contributed by atoms with van der Waals surface area (Å²) < 4.78 is 0. The first-order chi connectivity index (χ1) is 7.63. The molecule has 0 rings (SSSR count). The molecular formula is C12H26O4. The van der Waals surface area contributed by atoms with Gasteiger partial charge in [0, 0.05) is 6.61 Å². The summed E-state index contributed by atoms with van der Waals surface area (Å²) in [7, 11) is 0. The van der Waals surface area contributed by atoms with E-state index < -0.39 is 18.3 Å². The monoisotopic (exact) mass is 234 g/mol. The van der Waals surface area contributed by atoms with Crippen LogP contribution in [0.15, 0.2) is 0 Å². The van der Waals surface area contributed by atoms with Crippen LogP contribution in [-0.4, -0.2) is 45.3 Å². The Kier molecular flexibility index (Phi) is 9.92. The maximum atomic E-state index is 9.62. The third kappa shape index (κ3) is 7.17. The Balaban J connectivity index is 3.66. The fourth-order valence-electron chi connectivity index (χ4n) is 1.65. The van der Waals surface area contributed by atoms with E-state index in [9.17, 15) is 15.3 Å². The average molecular weight is 234 g/mol. The molecule has 0 saturated carbocycles. The van der Waals surface area contributed by atoms with Crippen molar-refractivity contribution in [2.75, 3.05) is 6.61 Å². The van der Waals surface area contributed by atoms with Gasteiger partial charge in [0.25, 0.3) is 0 Å². The van der Waals surface area contributed by atoms with Gasteiger partial charge in [-0.25, -0.2) is 0 Å². The van der Waals surface area contributed by atoms with Crippen LogP contribution in [0.2, 0.25) is 0 Å². The number of aliphatic hydroxyl groups is 4. The highest BCUT2D eigenvalue weighted by Crippen LogP contribution is 2.13. The summed E-state index contributed by atoms with van der Waals surface area (Å²) in [6, 6.07) is 0. The van der Waals surface area contributed by atoms with E-state index in [0.717, 1.165) is 32.1 Å². The zero-order valence-corrected chi connectivity index (χ0v) is 10.2. The van der Waals surface area contributed by atoms with Gasteiger partial charge in [0.05, 0.1) is 12.2 Å². The average Bonchev–Trinajstić information content (AvgIpc) is 2.30. The van der Waals surface area contributed by atoms with Crippen molar-refractivity contribution in [3.63, 3.8) is 0 Å². The number of aliphatic hydroxyl groups excluding tert-OH is 4. The Bertz CT molecular complexity index is 152. The van der Waals surface area contributed by atoms with Gasteiger partial charge in [-0.2, -0.15) is 0 Å². The van der Waals surface area contributed by atoms with Gasteiger partial charge < -0.3 is 20.4 Å². The quantitative estimate of drug-likeness (QED) is 0.422. The minimum absolute atomic E-state index is 0.164. The van der Waals surface area contributed by atoms with Crippen LogP contribution in [0.25, 0.3) is 0 Å². The Morgan fingerprint density at radius 3 is 1.88 bits per heavy atom. The third-order valence-corrected chi connectivity index (χ3v) is 2.80. The molecule has 4 heteroatoms. The van der Waals surface area contributed by atoms with Gasteiger partial charge in [-0.05, 0) is 19.3 Å². The first-order valence-corrected chi connectivity index (χ1v) is 6.28. The molecule has 0 fully saturated rings. The summed E-state index contributed by atoms with van der Waals surface area (Å²) in [5, 5.41) is 37.4. The molecule has 16 heavy (non-hydrogen) atoms. The molecule has 0 heterocycles. The van der Waals surface area contributed by atoms with E-state index in [1.807, 2.05) is 6.92 Å². The summed E-state index contributed by atoms with van der Waals surface area (Å²) in [4.78, 5) is 0. The molecule has 0 aliphatic carbocycles. The second-order valence-corrected chi connectivity index (χ2v) is 4.34. The molecule has 0 aromatic rings. The van der Waals surface area contributed by atoms with E-state index in [-0.39, 0.29) is 6.61 Å². The first kappa shape index (κ1) is 15.8. The Labute approximate surface area is 97.9 Å². The van der Waals surface area contributed by atoms with Gasteiger partial charge in [0.1, 0.15) is 6.10 Å². The SMILES string of the molecule is CCCCC(O)C(O)C(O)CCCCCO. The highest BCUT2D eigenvalue weighted by atomic mass is 16.4. The molecule has 0 aromatic heterocycles. The Hall–Kier alpha value is -0.160. The van der Waals surface area contributed by atoms with Crippen LogP contribution >= 0.6 is 0 Å². The molecule has 4 nitrogen and oxygen atoms in total. The van der Waals surface area contributed by atoms with Crippen molar-refractivity contribution in [1.82, 2.24) is 0 Å². The number of rotatable bonds is 10. The molecule has 0 bridgehead atoms. The summed E-state index contributed by atoms with van der Waals surface area (Å²) in [6.45, 7) is 2.18. The molecule has 0 aliphatic rings. The van der Waals surface area contributed by atoms with E-state index in [4.69, 9.17) is 5.11 Å². The summed E-state index contributed by atoms with van der Waals surface area (Å²) in [5.41, 5.74) is 0. The zero-order chi connectivity index (χ0) is 12.4. The maximum Gasteiger partial charge on any atom is 0.106 e. The second kappa shape index (κ2) is 10.0. The van der Waals surface area contributed by atoms with E-state index in [0.29, 0.717) is 12.8 Å². The molecule has 0 spiro atoms. The van der Waals surface area contributed by atoms with E-state index in [1.165, 1.54) is 0 Å². The fourth-order valence-corrected chi connectivity index (χ4v) is 1.65. The third-order valence-electron chi connectivity index (χ3n) is 2.80. The summed E-state index contributed by atoms with van der Waals surface area (Å²) >= 11 is 0. The summed E-state index contributed by atoms with van der Waals surface area (Å²) in [6.07, 6.45) is 2.44. The van der Waals surface area contributed by atoms with Crippen LogP contribution in [0.4, 0.5) is 0 Å². The van der Waals surface area contributed by atoms with Crippen LogP contribution in [-0.2, 0) is 0 Å². The van der Waals surface area contributed by atoms with Crippen molar-refractivity contribution in [3.05, 3.63) is 0 Å². The van der Waals surface area contributed by atoms with Crippen molar-refractivity contribution in [2.45, 2.75) is 70.2 Å². The normalized spacial score (nSPS) is 17.1. The fraction of sp³-hybridized carbons (Fsp3) is 1.00. The number of hydrogen-bond donors (Lipinski definition) is 4. The molecule has 3 atom stereocenters. The van der Waals surface area contributed by atoms with Gasteiger partial charge in [-0.1, -0.05) is 32.6 Å². The van der Waals surface area contributed by atoms with Crippen LogP contribution in [0, 0.1) is 0 Å². The van der Waals surface area contributed by atoms with Crippen molar-refractivity contribution in [1.29, 1.82) is 0 Å². The van der Waals surface area contributed by atoms with Crippen molar-refractivity contribution in [2.24, 2.45) is 0 Å². The van der Waals surface area contributed by atoms with E-state index in [1.54, 1.807) is 0 Å². The molecule has 0 aromatic carbocycles. The van der Waals surface area contributed by atoms with Gasteiger partial charge in [-0.3, -0.25) is 0 Å². The van der Waals surface area contributed by atoms with Crippen molar-refractivity contribution < 1.29 is 20.4 Å².